The molecule has 0 bridgehead atoms. The Kier molecular flexibility index (Phi) is 3.56. The van der Waals surface area contributed by atoms with E-state index < -0.39 is 0 Å². The predicted molar refractivity (Wildman–Crippen MR) is 61.5 cm³/mol. The van der Waals surface area contributed by atoms with Gasteiger partial charge in [0.1, 0.15) is 5.82 Å². The molecule has 0 radical (unpaired) electrons. The van der Waals surface area contributed by atoms with E-state index in [1.807, 2.05) is 31.2 Å². The molecule has 0 saturated carbocycles. The van der Waals surface area contributed by atoms with E-state index in [0.29, 0.717) is 0 Å². The van der Waals surface area contributed by atoms with Crippen LogP contribution in [0.2, 0.25) is 0 Å². The van der Waals surface area contributed by atoms with E-state index in [0.717, 1.165) is 30.3 Å². The molecule has 0 atom stereocenters. The maximum Gasteiger partial charge on any atom is 0.125 e. The molecule has 4 heteroatoms. The molecule has 0 amide bonds. The van der Waals surface area contributed by atoms with Gasteiger partial charge in [-0.15, -0.1) is 0 Å². The van der Waals surface area contributed by atoms with Crippen molar-refractivity contribution in [2.45, 2.75) is 20.0 Å². The number of nitrogens with one attached hydrogen (secondary N) is 1. The Hall–Kier alpha value is -1.81. The minimum atomic E-state index is 0.736. The van der Waals surface area contributed by atoms with Gasteiger partial charge in [-0.1, -0.05) is 6.07 Å². The van der Waals surface area contributed by atoms with E-state index in [4.69, 9.17) is 0 Å². The predicted octanol–water partition coefficient (Wildman–Crippen LogP) is 1.47. The quantitative estimate of drug-likeness (QED) is 0.837. The molecule has 2 aromatic heterocycles. The molecule has 0 saturated heterocycles. The molecule has 4 nitrogen and oxygen atoms in total. The van der Waals surface area contributed by atoms with Crippen LogP contribution in [-0.2, 0) is 13.1 Å². The summed E-state index contributed by atoms with van der Waals surface area (Å²) in [6.07, 6.45) is 3.58. The van der Waals surface area contributed by atoms with Gasteiger partial charge in [-0.05, 0) is 25.1 Å². The molecule has 2 aromatic rings. The average molecular weight is 214 g/mol. The minimum Gasteiger partial charge on any atom is -0.306 e. The fraction of sp³-hybridized carbons (Fsp3) is 0.250. The summed E-state index contributed by atoms with van der Waals surface area (Å²) < 4.78 is 0. The first-order valence-electron chi connectivity index (χ1n) is 5.24. The summed E-state index contributed by atoms with van der Waals surface area (Å²) in [7, 11) is 0. The van der Waals surface area contributed by atoms with Crippen LogP contribution in [0.15, 0.2) is 36.7 Å². The topological polar surface area (TPSA) is 50.7 Å². The van der Waals surface area contributed by atoms with E-state index in [9.17, 15) is 0 Å². The van der Waals surface area contributed by atoms with Gasteiger partial charge in [-0.2, -0.15) is 0 Å². The van der Waals surface area contributed by atoms with E-state index >= 15 is 0 Å². The van der Waals surface area contributed by atoms with E-state index in [-0.39, 0.29) is 0 Å². The summed E-state index contributed by atoms with van der Waals surface area (Å²) in [4.78, 5) is 12.6. The number of hydrogen-bond donors (Lipinski definition) is 1. The van der Waals surface area contributed by atoms with Crippen LogP contribution >= 0.6 is 0 Å². The van der Waals surface area contributed by atoms with Crippen LogP contribution in [-0.4, -0.2) is 15.0 Å². The highest BCUT2D eigenvalue weighted by Crippen LogP contribution is 1.96. The lowest BCUT2D eigenvalue weighted by molar-refractivity contribution is 0.663. The second-order valence-electron chi connectivity index (χ2n) is 3.52. The Morgan fingerprint density at radius 1 is 1.00 bits per heavy atom. The van der Waals surface area contributed by atoms with Gasteiger partial charge in [0.05, 0.1) is 11.4 Å². The van der Waals surface area contributed by atoms with Crippen LogP contribution in [0.5, 0.6) is 0 Å². The molecule has 82 valence electrons. The fourth-order valence-electron chi connectivity index (χ4n) is 1.42. The van der Waals surface area contributed by atoms with Gasteiger partial charge in [-0.25, -0.2) is 9.97 Å². The summed E-state index contributed by atoms with van der Waals surface area (Å²) in [5.74, 6) is 0.803. The van der Waals surface area contributed by atoms with Gasteiger partial charge < -0.3 is 5.32 Å². The SMILES string of the molecule is Cc1nccc(CNCc2ccccn2)n1. The molecule has 0 fully saturated rings. The highest BCUT2D eigenvalue weighted by molar-refractivity contribution is 5.04. The molecular weight excluding hydrogens is 200 g/mol. The third kappa shape index (κ3) is 3.10. The van der Waals surface area contributed by atoms with Gasteiger partial charge in [0.25, 0.3) is 0 Å². The minimum absolute atomic E-state index is 0.736. The first-order valence-corrected chi connectivity index (χ1v) is 5.24. The maximum absolute atomic E-state index is 4.31. The van der Waals surface area contributed by atoms with Crippen molar-refractivity contribution >= 4 is 0 Å². The monoisotopic (exact) mass is 214 g/mol. The number of aromatic nitrogens is 3. The molecule has 0 aromatic carbocycles. The molecule has 16 heavy (non-hydrogen) atoms. The van der Waals surface area contributed by atoms with Crippen LogP contribution in [0.25, 0.3) is 0 Å². The van der Waals surface area contributed by atoms with Gasteiger partial charge in [0.15, 0.2) is 0 Å². The van der Waals surface area contributed by atoms with Crippen molar-refractivity contribution < 1.29 is 0 Å². The van der Waals surface area contributed by atoms with E-state index in [1.54, 1.807) is 12.4 Å². The molecule has 2 rings (SSSR count). The Labute approximate surface area is 94.8 Å². The van der Waals surface area contributed by atoms with Crippen LogP contribution < -0.4 is 5.32 Å². The third-order valence-corrected chi connectivity index (χ3v) is 2.17. The molecule has 0 aliphatic heterocycles. The molecule has 0 spiro atoms. The summed E-state index contributed by atoms with van der Waals surface area (Å²) in [6, 6.07) is 7.81. The molecule has 0 aliphatic rings. The lowest BCUT2D eigenvalue weighted by atomic mass is 10.3. The Morgan fingerprint density at radius 2 is 1.88 bits per heavy atom. The average Bonchev–Trinajstić information content (AvgIpc) is 2.30. The van der Waals surface area contributed by atoms with Crippen LogP contribution in [0.4, 0.5) is 0 Å². The highest BCUT2D eigenvalue weighted by atomic mass is 14.9. The lowest BCUT2D eigenvalue weighted by Gasteiger charge is -2.03. The van der Waals surface area contributed by atoms with E-state index in [1.165, 1.54) is 0 Å². The van der Waals surface area contributed by atoms with Gasteiger partial charge >= 0.3 is 0 Å². The zero-order valence-corrected chi connectivity index (χ0v) is 9.22. The van der Waals surface area contributed by atoms with Crippen molar-refractivity contribution in [1.29, 1.82) is 0 Å². The standard InChI is InChI=1S/C12H14N4/c1-10-14-7-5-12(16-10)9-13-8-11-4-2-3-6-15-11/h2-7,13H,8-9H2,1H3. The number of nitrogens with zero attached hydrogens (tertiary/aromatic N) is 3. The molecule has 2 heterocycles. The summed E-state index contributed by atoms with van der Waals surface area (Å²) in [6.45, 7) is 3.38. The van der Waals surface area contributed by atoms with Crippen LogP contribution in [0.1, 0.15) is 17.2 Å². The smallest absolute Gasteiger partial charge is 0.125 e. The second-order valence-corrected chi connectivity index (χ2v) is 3.52. The van der Waals surface area contributed by atoms with Gasteiger partial charge in [-0.3, -0.25) is 4.98 Å². The Bertz CT molecular complexity index is 442. The van der Waals surface area contributed by atoms with Gasteiger partial charge in [0, 0.05) is 25.5 Å². The fourth-order valence-corrected chi connectivity index (χ4v) is 1.42. The van der Waals surface area contributed by atoms with Crippen molar-refractivity contribution in [2.75, 3.05) is 0 Å². The number of aryl methyl sites for hydroxylation is 1. The van der Waals surface area contributed by atoms with Crippen molar-refractivity contribution in [3.05, 3.63) is 53.9 Å². The molecule has 0 unspecified atom stereocenters. The van der Waals surface area contributed by atoms with Crippen LogP contribution in [0, 0.1) is 6.92 Å². The number of rotatable bonds is 4. The van der Waals surface area contributed by atoms with Crippen molar-refractivity contribution in [3.8, 4) is 0 Å². The summed E-state index contributed by atoms with van der Waals surface area (Å²) in [5, 5.41) is 3.29. The van der Waals surface area contributed by atoms with Gasteiger partial charge in [0.2, 0.25) is 0 Å². The molecular formula is C12H14N4. The van der Waals surface area contributed by atoms with E-state index in [2.05, 4.69) is 20.3 Å². The highest BCUT2D eigenvalue weighted by Gasteiger charge is 1.96. The molecule has 1 N–H and O–H groups in total. The largest absolute Gasteiger partial charge is 0.306 e. The Balaban J connectivity index is 1.85. The second kappa shape index (κ2) is 5.32. The Morgan fingerprint density at radius 3 is 2.62 bits per heavy atom. The van der Waals surface area contributed by atoms with Crippen molar-refractivity contribution in [3.63, 3.8) is 0 Å². The summed E-state index contributed by atoms with van der Waals surface area (Å²) in [5.41, 5.74) is 2.04. The van der Waals surface area contributed by atoms with Crippen LogP contribution in [0.3, 0.4) is 0 Å². The van der Waals surface area contributed by atoms with Crippen molar-refractivity contribution in [1.82, 2.24) is 20.3 Å². The maximum atomic E-state index is 4.31. The number of hydrogen-bond acceptors (Lipinski definition) is 4. The zero-order valence-electron chi connectivity index (χ0n) is 9.22. The third-order valence-electron chi connectivity index (χ3n) is 2.17. The lowest BCUT2D eigenvalue weighted by Crippen LogP contribution is -2.14. The number of pyridine rings is 1. The first-order chi connectivity index (χ1) is 7.84. The first kappa shape index (κ1) is 10.7. The summed E-state index contributed by atoms with van der Waals surface area (Å²) >= 11 is 0. The van der Waals surface area contributed by atoms with Crippen molar-refractivity contribution in [2.24, 2.45) is 0 Å². The zero-order chi connectivity index (χ0) is 11.2. The normalized spacial score (nSPS) is 10.3. The molecule has 0 aliphatic carbocycles.